The highest BCUT2D eigenvalue weighted by molar-refractivity contribution is 5.77. The minimum absolute atomic E-state index is 0.0943. The highest BCUT2D eigenvalue weighted by atomic mass is 19.4. The Kier molecular flexibility index (Phi) is 5.83. The van der Waals surface area contributed by atoms with Gasteiger partial charge in [0.05, 0.1) is 0 Å². The second-order valence-electron chi connectivity index (χ2n) is 6.16. The van der Waals surface area contributed by atoms with Crippen molar-refractivity contribution in [1.82, 2.24) is 10.3 Å². The zero-order valence-electron chi connectivity index (χ0n) is 14.5. The first-order valence-electron chi connectivity index (χ1n) is 8.62. The molecule has 1 N–H and O–H groups in total. The molecule has 0 radical (unpaired) electrons. The summed E-state index contributed by atoms with van der Waals surface area (Å²) in [5.41, 5.74) is 2.25. The number of nitrogens with one attached hydrogen (secondary N) is 1. The summed E-state index contributed by atoms with van der Waals surface area (Å²) < 4.78 is 46.9. The average molecular weight is 380 g/mol. The molecule has 5 nitrogen and oxygen atoms in total. The Morgan fingerprint density at radius 2 is 1.89 bits per heavy atom. The number of aryl methyl sites for hydroxylation is 1. The third kappa shape index (κ3) is 5.35. The summed E-state index contributed by atoms with van der Waals surface area (Å²) in [6, 6.07) is 7.40. The molecule has 0 bridgehead atoms. The number of nitrogens with zero attached hydrogens (tertiary/aromatic N) is 1. The number of carbonyl (C=O) groups excluding carboxylic acids is 1. The van der Waals surface area contributed by atoms with E-state index < -0.39 is 12.3 Å². The van der Waals surface area contributed by atoms with Crippen molar-refractivity contribution in [1.29, 1.82) is 0 Å². The molecule has 1 aliphatic carbocycles. The summed E-state index contributed by atoms with van der Waals surface area (Å²) in [6.07, 6.45) is 0.767. The zero-order valence-corrected chi connectivity index (χ0v) is 14.5. The van der Waals surface area contributed by atoms with E-state index in [1.807, 2.05) is 0 Å². The first kappa shape index (κ1) is 19.0. The number of pyridine rings is 1. The Morgan fingerprint density at radius 1 is 1.11 bits per heavy atom. The van der Waals surface area contributed by atoms with Crippen molar-refractivity contribution in [3.05, 3.63) is 53.3 Å². The largest absolute Gasteiger partial charge is 0.573 e. The van der Waals surface area contributed by atoms with Gasteiger partial charge in [-0.2, -0.15) is 0 Å². The summed E-state index contributed by atoms with van der Waals surface area (Å²) in [6.45, 7) is -0.318. The van der Waals surface area contributed by atoms with Gasteiger partial charge in [0.15, 0.2) is 6.61 Å². The maximum atomic E-state index is 12.4. The molecule has 1 aliphatic rings. The number of carbonyl (C=O) groups is 1. The van der Waals surface area contributed by atoms with Crippen LogP contribution in [0.3, 0.4) is 0 Å². The second-order valence-corrected chi connectivity index (χ2v) is 6.16. The Labute approximate surface area is 154 Å². The van der Waals surface area contributed by atoms with Gasteiger partial charge >= 0.3 is 6.36 Å². The summed E-state index contributed by atoms with van der Waals surface area (Å²) in [7, 11) is 0. The van der Waals surface area contributed by atoms with E-state index >= 15 is 0 Å². The van der Waals surface area contributed by atoms with Crippen molar-refractivity contribution < 1.29 is 27.4 Å². The van der Waals surface area contributed by atoms with Crippen molar-refractivity contribution in [3.63, 3.8) is 0 Å². The monoisotopic (exact) mass is 380 g/mol. The van der Waals surface area contributed by atoms with Crippen molar-refractivity contribution in [3.8, 4) is 11.5 Å². The molecular weight excluding hydrogens is 361 g/mol. The first-order valence-corrected chi connectivity index (χ1v) is 8.62. The second kappa shape index (κ2) is 8.28. The highest BCUT2D eigenvalue weighted by Gasteiger charge is 2.32. The van der Waals surface area contributed by atoms with E-state index in [4.69, 9.17) is 4.74 Å². The van der Waals surface area contributed by atoms with Crippen LogP contribution >= 0.6 is 0 Å². The number of amides is 1. The number of benzene rings is 1. The van der Waals surface area contributed by atoms with Gasteiger partial charge in [0, 0.05) is 29.6 Å². The molecule has 144 valence electrons. The average Bonchev–Trinajstić information content (AvgIpc) is 2.64. The molecule has 27 heavy (non-hydrogen) atoms. The molecule has 1 heterocycles. The minimum atomic E-state index is -4.79. The topological polar surface area (TPSA) is 60.5 Å². The summed E-state index contributed by atoms with van der Waals surface area (Å²) >= 11 is 0. The normalized spacial score (nSPS) is 13.6. The molecule has 0 unspecified atom stereocenters. The van der Waals surface area contributed by atoms with Crippen molar-refractivity contribution in [2.75, 3.05) is 6.61 Å². The Morgan fingerprint density at radius 3 is 2.70 bits per heavy atom. The van der Waals surface area contributed by atoms with Gasteiger partial charge in [-0.15, -0.1) is 13.2 Å². The predicted octanol–water partition coefficient (Wildman–Crippen LogP) is 3.55. The number of halogens is 3. The van der Waals surface area contributed by atoms with E-state index in [-0.39, 0.29) is 24.5 Å². The molecule has 3 rings (SSSR count). The van der Waals surface area contributed by atoms with Crippen LogP contribution in [0, 0.1) is 0 Å². The molecule has 0 spiro atoms. The standard InChI is InChI=1S/C19H19F3N2O3/c20-19(21,22)27-16-8-4-1-5-13(16)11-24-18(25)12-26-17-9-10-23-15-7-3-2-6-14(15)17/h1,4-5,8-10H,2-3,6-7,11-12H2,(H,24,25). The molecule has 1 aromatic carbocycles. The van der Waals surface area contributed by atoms with Crippen LogP contribution in [0.4, 0.5) is 13.2 Å². The van der Waals surface area contributed by atoms with Crippen molar-refractivity contribution in [2.24, 2.45) is 0 Å². The summed E-state index contributed by atoms with van der Waals surface area (Å²) in [5, 5.41) is 2.55. The Balaban J connectivity index is 1.56. The molecule has 0 atom stereocenters. The first-order chi connectivity index (χ1) is 12.9. The molecule has 1 amide bonds. The van der Waals surface area contributed by atoms with E-state index in [2.05, 4.69) is 15.0 Å². The van der Waals surface area contributed by atoms with Crippen LogP contribution < -0.4 is 14.8 Å². The molecular formula is C19H19F3N2O3. The SMILES string of the molecule is O=C(COc1ccnc2c1CCCC2)NCc1ccccc1OC(F)(F)F. The summed E-state index contributed by atoms with van der Waals surface area (Å²) in [4.78, 5) is 16.4. The van der Waals surface area contributed by atoms with Crippen LogP contribution in [0.1, 0.15) is 29.7 Å². The van der Waals surface area contributed by atoms with E-state index in [0.717, 1.165) is 36.9 Å². The van der Waals surface area contributed by atoms with Crippen molar-refractivity contribution >= 4 is 5.91 Å². The zero-order chi connectivity index (χ0) is 19.3. The fourth-order valence-electron chi connectivity index (χ4n) is 2.99. The van der Waals surface area contributed by atoms with Gasteiger partial charge in [0.25, 0.3) is 5.91 Å². The van der Waals surface area contributed by atoms with E-state index in [1.54, 1.807) is 18.3 Å². The quantitative estimate of drug-likeness (QED) is 0.833. The molecule has 8 heteroatoms. The lowest BCUT2D eigenvalue weighted by Crippen LogP contribution is -2.29. The number of hydrogen-bond acceptors (Lipinski definition) is 4. The molecule has 1 aromatic heterocycles. The van der Waals surface area contributed by atoms with E-state index in [9.17, 15) is 18.0 Å². The van der Waals surface area contributed by atoms with E-state index in [0.29, 0.717) is 5.75 Å². The lowest BCUT2D eigenvalue weighted by molar-refractivity contribution is -0.274. The Bertz CT molecular complexity index is 809. The molecule has 0 saturated carbocycles. The van der Waals surface area contributed by atoms with Gasteiger partial charge in [0.2, 0.25) is 0 Å². The minimum Gasteiger partial charge on any atom is -0.483 e. The predicted molar refractivity (Wildman–Crippen MR) is 91.3 cm³/mol. The van der Waals surface area contributed by atoms with Gasteiger partial charge in [-0.25, -0.2) is 0 Å². The fraction of sp³-hybridized carbons (Fsp3) is 0.368. The van der Waals surface area contributed by atoms with Gasteiger partial charge in [-0.3, -0.25) is 9.78 Å². The van der Waals surface area contributed by atoms with E-state index in [1.165, 1.54) is 18.2 Å². The number of para-hydroxylation sites is 1. The van der Waals surface area contributed by atoms with Gasteiger partial charge in [0.1, 0.15) is 11.5 Å². The number of hydrogen-bond donors (Lipinski definition) is 1. The lowest BCUT2D eigenvalue weighted by Gasteiger charge is -2.18. The number of fused-ring (bicyclic) bond motifs is 1. The maximum absolute atomic E-state index is 12.4. The van der Waals surface area contributed by atoms with Crippen LogP contribution in [0.15, 0.2) is 36.5 Å². The third-order valence-electron chi connectivity index (χ3n) is 4.23. The number of rotatable bonds is 6. The lowest BCUT2D eigenvalue weighted by atomic mass is 9.95. The van der Waals surface area contributed by atoms with Crippen LogP contribution in [0.5, 0.6) is 11.5 Å². The molecule has 2 aromatic rings. The van der Waals surface area contributed by atoms with Crippen molar-refractivity contribution in [2.45, 2.75) is 38.6 Å². The molecule has 0 fully saturated rings. The van der Waals surface area contributed by atoms with Gasteiger partial charge < -0.3 is 14.8 Å². The Hall–Kier alpha value is -2.77. The van der Waals surface area contributed by atoms with Gasteiger partial charge in [-0.05, 0) is 37.8 Å². The van der Waals surface area contributed by atoms with Crippen LogP contribution in [0.2, 0.25) is 0 Å². The number of ether oxygens (including phenoxy) is 2. The molecule has 0 saturated heterocycles. The number of alkyl halides is 3. The maximum Gasteiger partial charge on any atom is 0.573 e. The molecule has 0 aliphatic heterocycles. The van der Waals surface area contributed by atoms with Crippen LogP contribution in [-0.2, 0) is 24.2 Å². The van der Waals surface area contributed by atoms with Crippen LogP contribution in [0.25, 0.3) is 0 Å². The fourth-order valence-corrected chi connectivity index (χ4v) is 2.99. The smallest absolute Gasteiger partial charge is 0.483 e. The third-order valence-corrected chi connectivity index (χ3v) is 4.23. The summed E-state index contributed by atoms with van der Waals surface area (Å²) in [5.74, 6) is -0.136. The highest BCUT2D eigenvalue weighted by Crippen LogP contribution is 2.28. The van der Waals surface area contributed by atoms with Crippen LogP contribution in [-0.4, -0.2) is 23.9 Å². The van der Waals surface area contributed by atoms with Gasteiger partial charge in [-0.1, -0.05) is 18.2 Å². The number of aromatic nitrogens is 1.